The van der Waals surface area contributed by atoms with Crippen molar-refractivity contribution in [2.45, 2.75) is 103 Å². The Morgan fingerprint density at radius 2 is 0.833 bits per heavy atom. The number of hydrogen-bond donors (Lipinski definition) is 0. The molecule has 0 atom stereocenters. The maximum absolute atomic E-state index is 1.98. The van der Waals surface area contributed by atoms with Crippen molar-refractivity contribution in [1.82, 2.24) is 0 Å². The van der Waals surface area contributed by atoms with Crippen molar-refractivity contribution in [3.63, 3.8) is 0 Å². The van der Waals surface area contributed by atoms with E-state index in [0.717, 1.165) is 5.92 Å². The predicted octanol–water partition coefficient (Wildman–Crippen LogP) is 6.45. The van der Waals surface area contributed by atoms with Gasteiger partial charge in [0.1, 0.15) is 0 Å². The average molecular weight is 249 g/mol. The van der Waals surface area contributed by atoms with E-state index in [9.17, 15) is 0 Å². The van der Waals surface area contributed by atoms with Crippen LogP contribution in [0.4, 0.5) is 0 Å². The van der Waals surface area contributed by atoms with Crippen LogP contribution in [0.2, 0.25) is 0 Å². The van der Waals surface area contributed by atoms with E-state index in [0.29, 0.717) is 0 Å². The Balaban J connectivity index is 1.81. The number of hydrogen-bond acceptors (Lipinski definition) is 0. The van der Waals surface area contributed by atoms with Crippen molar-refractivity contribution in [2.75, 3.05) is 0 Å². The zero-order chi connectivity index (χ0) is 12.5. The molecule has 0 aromatic heterocycles. The van der Waals surface area contributed by atoms with Crippen LogP contribution in [0.3, 0.4) is 0 Å². The van der Waals surface area contributed by atoms with E-state index >= 15 is 0 Å². The topological polar surface area (TPSA) is 0 Å². The van der Waals surface area contributed by atoms with Gasteiger partial charge in [-0.05, 0) is 37.5 Å². The first-order valence-corrected chi connectivity index (χ1v) is 8.81. The Morgan fingerprint density at radius 3 is 1.33 bits per heavy atom. The van der Waals surface area contributed by atoms with E-state index in [1.165, 1.54) is 103 Å². The Labute approximate surface area is 115 Å². The van der Waals surface area contributed by atoms with Crippen LogP contribution in [0.1, 0.15) is 103 Å². The third-order valence-corrected chi connectivity index (χ3v) is 5.18. The monoisotopic (exact) mass is 249 g/mol. The highest BCUT2D eigenvalue weighted by Crippen LogP contribution is 2.36. The third-order valence-electron chi connectivity index (χ3n) is 5.18. The van der Waals surface area contributed by atoms with Gasteiger partial charge in [-0.15, -0.1) is 0 Å². The van der Waals surface area contributed by atoms with Crippen molar-refractivity contribution < 1.29 is 0 Å². The maximum Gasteiger partial charge on any atom is -0.0210 e. The van der Waals surface area contributed by atoms with Crippen molar-refractivity contribution in [3.05, 3.63) is 5.92 Å². The van der Waals surface area contributed by atoms with Gasteiger partial charge in [0.15, 0.2) is 0 Å². The van der Waals surface area contributed by atoms with Crippen molar-refractivity contribution in [3.8, 4) is 0 Å². The van der Waals surface area contributed by atoms with E-state index in [-0.39, 0.29) is 0 Å². The second-order valence-corrected chi connectivity index (χ2v) is 6.68. The SMILES string of the molecule is C1CCCCC([C]2CCCCCCC2)CCCC1. The molecule has 1 radical (unpaired) electrons. The second kappa shape index (κ2) is 8.99. The first kappa shape index (κ1) is 14.4. The standard InChI is InChI=1S/C18H33/c1-2-5-9-13-17(14-10-6-3-1)18-15-11-7-4-8-12-16-18/h17H,1-16H2. The van der Waals surface area contributed by atoms with E-state index in [2.05, 4.69) is 0 Å². The fourth-order valence-electron chi connectivity index (χ4n) is 3.99. The molecule has 0 unspecified atom stereocenters. The molecule has 105 valence electrons. The molecule has 2 fully saturated rings. The molecule has 0 aromatic carbocycles. The van der Waals surface area contributed by atoms with Gasteiger partial charge in [0.05, 0.1) is 0 Å². The molecule has 0 N–H and O–H groups in total. The Hall–Kier alpha value is 0. The van der Waals surface area contributed by atoms with Crippen LogP contribution in [0, 0.1) is 11.8 Å². The summed E-state index contributed by atoms with van der Waals surface area (Å²) in [5, 5.41) is 0. The van der Waals surface area contributed by atoms with Gasteiger partial charge in [-0.25, -0.2) is 0 Å². The summed E-state index contributed by atoms with van der Waals surface area (Å²) in [6.07, 6.45) is 24.0. The van der Waals surface area contributed by atoms with E-state index in [1.807, 2.05) is 5.92 Å². The molecule has 0 heteroatoms. The minimum Gasteiger partial charge on any atom is -0.0533 e. The summed E-state index contributed by atoms with van der Waals surface area (Å²) >= 11 is 0. The molecular weight excluding hydrogens is 216 g/mol. The third kappa shape index (κ3) is 5.33. The van der Waals surface area contributed by atoms with Crippen LogP contribution in [-0.2, 0) is 0 Å². The lowest BCUT2D eigenvalue weighted by Gasteiger charge is -2.29. The normalized spacial score (nSPS) is 27.3. The molecule has 0 nitrogen and oxygen atoms in total. The van der Waals surface area contributed by atoms with E-state index in [1.54, 1.807) is 0 Å². The molecule has 0 saturated heterocycles. The van der Waals surface area contributed by atoms with Crippen molar-refractivity contribution >= 4 is 0 Å². The summed E-state index contributed by atoms with van der Waals surface area (Å²) in [7, 11) is 0. The average Bonchev–Trinajstić information content (AvgIpc) is 2.36. The maximum atomic E-state index is 1.98. The summed E-state index contributed by atoms with van der Waals surface area (Å²) in [5.41, 5.74) is 0. The molecular formula is C18H33. The van der Waals surface area contributed by atoms with E-state index in [4.69, 9.17) is 0 Å². The predicted molar refractivity (Wildman–Crippen MR) is 80.6 cm³/mol. The van der Waals surface area contributed by atoms with Crippen molar-refractivity contribution in [1.29, 1.82) is 0 Å². The van der Waals surface area contributed by atoms with Gasteiger partial charge >= 0.3 is 0 Å². The molecule has 0 heterocycles. The number of rotatable bonds is 1. The lowest BCUT2D eigenvalue weighted by atomic mass is 9.76. The summed E-state index contributed by atoms with van der Waals surface area (Å²) in [6, 6.07) is 0. The van der Waals surface area contributed by atoms with Crippen LogP contribution in [-0.4, -0.2) is 0 Å². The summed E-state index contributed by atoms with van der Waals surface area (Å²) in [6.45, 7) is 0. The first-order valence-electron chi connectivity index (χ1n) is 8.81. The van der Waals surface area contributed by atoms with Gasteiger partial charge in [-0.2, -0.15) is 0 Å². The van der Waals surface area contributed by atoms with E-state index < -0.39 is 0 Å². The highest BCUT2D eigenvalue weighted by molar-refractivity contribution is 4.97. The highest BCUT2D eigenvalue weighted by Gasteiger charge is 2.22. The molecule has 0 aromatic rings. The largest absolute Gasteiger partial charge is 0.0533 e. The Kier molecular flexibility index (Phi) is 7.20. The van der Waals surface area contributed by atoms with Crippen LogP contribution in [0.15, 0.2) is 0 Å². The smallest absolute Gasteiger partial charge is 0.0210 e. The van der Waals surface area contributed by atoms with Crippen LogP contribution < -0.4 is 0 Å². The molecule has 0 bridgehead atoms. The van der Waals surface area contributed by atoms with Crippen LogP contribution in [0.25, 0.3) is 0 Å². The zero-order valence-corrected chi connectivity index (χ0v) is 12.4. The van der Waals surface area contributed by atoms with Gasteiger partial charge in [0.2, 0.25) is 0 Å². The summed E-state index contributed by atoms with van der Waals surface area (Å²) in [5.74, 6) is 3.00. The Morgan fingerprint density at radius 1 is 0.444 bits per heavy atom. The fraction of sp³-hybridized carbons (Fsp3) is 0.944. The molecule has 0 amide bonds. The second-order valence-electron chi connectivity index (χ2n) is 6.68. The van der Waals surface area contributed by atoms with Crippen molar-refractivity contribution in [2.24, 2.45) is 5.92 Å². The zero-order valence-electron chi connectivity index (χ0n) is 12.4. The van der Waals surface area contributed by atoms with Gasteiger partial charge < -0.3 is 0 Å². The summed E-state index contributed by atoms with van der Waals surface area (Å²) in [4.78, 5) is 0. The lowest BCUT2D eigenvalue weighted by molar-refractivity contribution is 0.354. The molecule has 0 aliphatic heterocycles. The first-order chi connectivity index (χ1) is 8.97. The van der Waals surface area contributed by atoms with Gasteiger partial charge in [-0.3, -0.25) is 0 Å². The minimum atomic E-state index is 1.01. The minimum absolute atomic E-state index is 1.01. The quantitative estimate of drug-likeness (QED) is 0.501. The molecule has 18 heavy (non-hydrogen) atoms. The fourth-order valence-corrected chi connectivity index (χ4v) is 3.99. The van der Waals surface area contributed by atoms with Gasteiger partial charge in [0.25, 0.3) is 0 Å². The molecule has 2 aliphatic rings. The Bertz CT molecular complexity index is 178. The molecule has 2 rings (SSSR count). The molecule has 2 saturated carbocycles. The molecule has 0 spiro atoms. The lowest BCUT2D eigenvalue weighted by Crippen LogP contribution is -2.15. The van der Waals surface area contributed by atoms with Crippen LogP contribution in [0.5, 0.6) is 0 Å². The summed E-state index contributed by atoms with van der Waals surface area (Å²) < 4.78 is 0. The molecule has 2 aliphatic carbocycles. The van der Waals surface area contributed by atoms with Crippen LogP contribution >= 0.6 is 0 Å². The van der Waals surface area contributed by atoms with Gasteiger partial charge in [-0.1, -0.05) is 77.0 Å². The highest BCUT2D eigenvalue weighted by atomic mass is 14.3. The van der Waals surface area contributed by atoms with Gasteiger partial charge in [0, 0.05) is 0 Å².